The summed E-state index contributed by atoms with van der Waals surface area (Å²) < 4.78 is 0. The molecule has 0 atom stereocenters. The van der Waals surface area contributed by atoms with Crippen LogP contribution in [0.3, 0.4) is 0 Å². The number of rotatable bonds is 6. The van der Waals surface area contributed by atoms with E-state index in [4.69, 9.17) is 23.2 Å². The van der Waals surface area contributed by atoms with Crippen LogP contribution in [0.1, 0.15) is 25.9 Å². The number of nitrogens with zero attached hydrogens (tertiary/aromatic N) is 2. The molecule has 2 rings (SSSR count). The van der Waals surface area contributed by atoms with E-state index in [1.807, 2.05) is 32.0 Å². The molecule has 1 aromatic carbocycles. The van der Waals surface area contributed by atoms with Gasteiger partial charge in [-0.25, -0.2) is 4.98 Å². The average Bonchev–Trinajstić information content (AvgIpc) is 2.81. The first-order valence-corrected chi connectivity index (χ1v) is 8.77. The van der Waals surface area contributed by atoms with E-state index < -0.39 is 0 Å². The van der Waals surface area contributed by atoms with Crippen molar-refractivity contribution in [3.05, 3.63) is 49.4 Å². The normalized spacial score (nSPS) is 11.0. The van der Waals surface area contributed by atoms with Gasteiger partial charge in [-0.05, 0) is 45.1 Å². The number of aromatic nitrogens is 1. The van der Waals surface area contributed by atoms with E-state index in [0.717, 1.165) is 22.8 Å². The number of amides is 1. The molecule has 0 saturated carbocycles. The lowest BCUT2D eigenvalue weighted by Gasteiger charge is -2.06. The second-order valence-electron chi connectivity index (χ2n) is 5.50. The molecule has 0 radical (unpaired) electrons. The molecule has 0 aliphatic rings. The molecular weight excluding hydrogens is 353 g/mol. The van der Waals surface area contributed by atoms with Crippen molar-refractivity contribution >= 4 is 40.4 Å². The average molecular weight is 372 g/mol. The first-order chi connectivity index (χ1) is 10.9. The number of hydrogen-bond acceptors (Lipinski definition) is 4. The minimum absolute atomic E-state index is 0.0879. The van der Waals surface area contributed by atoms with Gasteiger partial charge in [0.1, 0.15) is 9.88 Å². The van der Waals surface area contributed by atoms with Crippen molar-refractivity contribution in [3.8, 4) is 0 Å². The lowest BCUT2D eigenvalue weighted by molar-refractivity contribution is 0.0957. The maximum Gasteiger partial charge on any atom is 0.263 e. The Balaban J connectivity index is 1.93. The van der Waals surface area contributed by atoms with Crippen molar-refractivity contribution in [2.75, 3.05) is 20.6 Å². The Bertz CT molecular complexity index is 701. The summed E-state index contributed by atoms with van der Waals surface area (Å²) in [4.78, 5) is 19.4. The summed E-state index contributed by atoms with van der Waals surface area (Å²) in [5.41, 5.74) is 1.74. The van der Waals surface area contributed by atoms with E-state index in [2.05, 4.69) is 10.3 Å². The van der Waals surface area contributed by atoms with Gasteiger partial charge in [-0.15, -0.1) is 11.3 Å². The molecular formula is C16H19Cl2N3OS. The molecule has 0 aliphatic carbocycles. The van der Waals surface area contributed by atoms with Crippen molar-refractivity contribution in [3.63, 3.8) is 0 Å². The smallest absolute Gasteiger partial charge is 0.263 e. The molecule has 0 spiro atoms. The van der Waals surface area contributed by atoms with E-state index in [1.165, 1.54) is 11.3 Å². The summed E-state index contributed by atoms with van der Waals surface area (Å²) in [7, 11) is 3.96. The van der Waals surface area contributed by atoms with Crippen LogP contribution in [-0.4, -0.2) is 36.4 Å². The second-order valence-corrected chi connectivity index (χ2v) is 7.43. The zero-order valence-electron chi connectivity index (χ0n) is 13.3. The third-order valence-electron chi connectivity index (χ3n) is 3.19. The van der Waals surface area contributed by atoms with Crippen LogP contribution in [0.4, 0.5) is 0 Å². The Kier molecular flexibility index (Phi) is 6.41. The fraction of sp³-hybridized carbons (Fsp3) is 0.375. The minimum Gasteiger partial charge on any atom is -0.351 e. The molecule has 0 saturated heterocycles. The first kappa shape index (κ1) is 18.2. The van der Waals surface area contributed by atoms with Crippen molar-refractivity contribution in [2.45, 2.75) is 19.9 Å². The summed E-state index contributed by atoms with van der Waals surface area (Å²) in [5.74, 6) is -0.0879. The monoisotopic (exact) mass is 371 g/mol. The van der Waals surface area contributed by atoms with Crippen LogP contribution in [0, 0.1) is 6.92 Å². The lowest BCUT2D eigenvalue weighted by atomic mass is 10.1. The molecule has 23 heavy (non-hydrogen) atoms. The molecule has 1 N–H and O–H groups in total. The Hall–Kier alpha value is -1.14. The highest BCUT2D eigenvalue weighted by Gasteiger charge is 2.15. The van der Waals surface area contributed by atoms with Gasteiger partial charge in [-0.1, -0.05) is 29.3 Å². The van der Waals surface area contributed by atoms with Gasteiger partial charge in [-0.2, -0.15) is 0 Å². The Morgan fingerprint density at radius 2 is 2.09 bits per heavy atom. The minimum atomic E-state index is -0.0879. The maximum absolute atomic E-state index is 12.3. The first-order valence-electron chi connectivity index (χ1n) is 7.20. The van der Waals surface area contributed by atoms with Gasteiger partial charge in [-0.3, -0.25) is 4.79 Å². The van der Waals surface area contributed by atoms with Crippen molar-refractivity contribution in [2.24, 2.45) is 0 Å². The van der Waals surface area contributed by atoms with Crippen LogP contribution in [0.2, 0.25) is 10.0 Å². The fourth-order valence-electron chi connectivity index (χ4n) is 2.12. The van der Waals surface area contributed by atoms with Crippen LogP contribution >= 0.6 is 34.5 Å². The second kappa shape index (κ2) is 8.11. The Morgan fingerprint density at radius 1 is 1.35 bits per heavy atom. The molecule has 1 amide bonds. The molecule has 1 heterocycles. The number of aryl methyl sites for hydroxylation is 1. The number of carbonyl (C=O) groups is 1. The molecule has 1 aromatic heterocycles. The van der Waals surface area contributed by atoms with Crippen molar-refractivity contribution in [1.82, 2.24) is 15.2 Å². The quantitative estimate of drug-likeness (QED) is 0.839. The summed E-state index contributed by atoms with van der Waals surface area (Å²) in [5, 5.41) is 5.09. The van der Waals surface area contributed by atoms with Crippen LogP contribution in [0.15, 0.2) is 18.2 Å². The third kappa shape index (κ3) is 5.18. The van der Waals surface area contributed by atoms with Gasteiger partial charge in [0, 0.05) is 23.1 Å². The van der Waals surface area contributed by atoms with Gasteiger partial charge < -0.3 is 10.2 Å². The van der Waals surface area contributed by atoms with Crippen LogP contribution < -0.4 is 5.32 Å². The molecule has 0 bridgehead atoms. The van der Waals surface area contributed by atoms with Crippen LogP contribution in [0.5, 0.6) is 0 Å². The zero-order chi connectivity index (χ0) is 17.0. The standard InChI is InChI=1S/C16H19Cl2N3OS/c1-10-15(23-14(20-10)9-21(2)3)16(22)19-7-6-11-4-5-12(17)8-13(11)18/h4-5,8H,6-7,9H2,1-3H3,(H,19,22). The SMILES string of the molecule is Cc1nc(CN(C)C)sc1C(=O)NCCc1ccc(Cl)cc1Cl. The van der Waals surface area contributed by atoms with Gasteiger partial charge in [0.15, 0.2) is 0 Å². The highest BCUT2D eigenvalue weighted by atomic mass is 35.5. The Labute approximate surface area is 150 Å². The number of hydrogen-bond donors (Lipinski definition) is 1. The predicted molar refractivity (Wildman–Crippen MR) is 96.7 cm³/mol. The van der Waals surface area contributed by atoms with Gasteiger partial charge in [0.25, 0.3) is 5.91 Å². The fourth-order valence-corrected chi connectivity index (χ4v) is 3.72. The van der Waals surface area contributed by atoms with Gasteiger partial charge >= 0.3 is 0 Å². The number of nitrogens with one attached hydrogen (secondary N) is 1. The molecule has 0 aliphatic heterocycles. The topological polar surface area (TPSA) is 45.2 Å². The molecule has 0 unspecified atom stereocenters. The van der Waals surface area contributed by atoms with E-state index in [0.29, 0.717) is 27.9 Å². The number of benzene rings is 1. The summed E-state index contributed by atoms with van der Waals surface area (Å²) in [6.45, 7) is 3.11. The van der Waals surface area contributed by atoms with Crippen LogP contribution in [0.25, 0.3) is 0 Å². The highest BCUT2D eigenvalue weighted by Crippen LogP contribution is 2.21. The van der Waals surface area contributed by atoms with E-state index in [9.17, 15) is 4.79 Å². The van der Waals surface area contributed by atoms with Crippen molar-refractivity contribution < 1.29 is 4.79 Å². The summed E-state index contributed by atoms with van der Waals surface area (Å²) in [6, 6.07) is 5.39. The number of carbonyl (C=O) groups excluding carboxylic acids is 1. The number of halogens is 2. The Morgan fingerprint density at radius 3 is 2.74 bits per heavy atom. The largest absolute Gasteiger partial charge is 0.351 e. The maximum atomic E-state index is 12.3. The molecule has 0 fully saturated rings. The number of thiazole rings is 1. The third-order valence-corrected chi connectivity index (χ3v) is 4.92. The molecule has 124 valence electrons. The molecule has 2 aromatic rings. The van der Waals surface area contributed by atoms with E-state index in [-0.39, 0.29) is 5.91 Å². The van der Waals surface area contributed by atoms with Crippen LogP contribution in [-0.2, 0) is 13.0 Å². The highest BCUT2D eigenvalue weighted by molar-refractivity contribution is 7.13. The molecule has 4 nitrogen and oxygen atoms in total. The van der Waals surface area contributed by atoms with E-state index >= 15 is 0 Å². The van der Waals surface area contributed by atoms with Gasteiger partial charge in [0.2, 0.25) is 0 Å². The van der Waals surface area contributed by atoms with Gasteiger partial charge in [0.05, 0.1) is 5.69 Å². The zero-order valence-corrected chi connectivity index (χ0v) is 15.6. The van der Waals surface area contributed by atoms with Crippen molar-refractivity contribution in [1.29, 1.82) is 0 Å². The van der Waals surface area contributed by atoms with E-state index in [1.54, 1.807) is 12.1 Å². The molecule has 7 heteroatoms. The predicted octanol–water partition coefficient (Wildman–Crippen LogP) is 3.79. The summed E-state index contributed by atoms with van der Waals surface area (Å²) in [6.07, 6.45) is 0.657. The lowest BCUT2D eigenvalue weighted by Crippen LogP contribution is -2.25. The summed E-state index contributed by atoms with van der Waals surface area (Å²) >= 11 is 13.4.